The average molecular weight is 358 g/mol. The van der Waals surface area contributed by atoms with Gasteiger partial charge in [-0.1, -0.05) is 6.08 Å². The molecule has 25 heavy (non-hydrogen) atoms. The highest BCUT2D eigenvalue weighted by Crippen LogP contribution is 2.27. The molecular weight excluding hydrogens is 340 g/mol. The molecule has 0 saturated carbocycles. The van der Waals surface area contributed by atoms with E-state index in [9.17, 15) is 9.59 Å². The van der Waals surface area contributed by atoms with Crippen LogP contribution in [-0.2, 0) is 9.63 Å². The van der Waals surface area contributed by atoms with Crippen LogP contribution >= 0.6 is 11.3 Å². The number of thiophene rings is 1. The van der Waals surface area contributed by atoms with E-state index in [1.807, 2.05) is 0 Å². The molecule has 3 heterocycles. The van der Waals surface area contributed by atoms with E-state index in [2.05, 4.69) is 21.6 Å². The summed E-state index contributed by atoms with van der Waals surface area (Å²) in [5.41, 5.74) is 2.19. The van der Waals surface area contributed by atoms with E-state index in [1.165, 1.54) is 11.3 Å². The third kappa shape index (κ3) is 3.22. The summed E-state index contributed by atoms with van der Waals surface area (Å²) in [6.45, 7) is 1.28. The molecule has 2 aliphatic rings. The zero-order valence-electron chi connectivity index (χ0n) is 13.5. The van der Waals surface area contributed by atoms with Gasteiger partial charge in [-0.25, -0.2) is 9.86 Å². The normalized spacial score (nSPS) is 19.9. The van der Waals surface area contributed by atoms with Gasteiger partial charge in [0.1, 0.15) is 0 Å². The van der Waals surface area contributed by atoms with Crippen LogP contribution in [0.4, 0.5) is 0 Å². The largest absolute Gasteiger partial charge is 0.403 e. The second-order valence-electron chi connectivity index (χ2n) is 6.06. The number of fused-ring (bicyclic) bond motifs is 1. The maximum atomic E-state index is 12.4. The number of aromatic nitrogens is 2. The lowest BCUT2D eigenvalue weighted by Crippen LogP contribution is -2.50. The highest BCUT2D eigenvalue weighted by atomic mass is 32.1. The van der Waals surface area contributed by atoms with Crippen molar-refractivity contribution in [3.63, 3.8) is 0 Å². The second kappa shape index (κ2) is 6.81. The van der Waals surface area contributed by atoms with Gasteiger partial charge in [-0.15, -0.1) is 11.3 Å². The first-order valence-electron chi connectivity index (χ1n) is 8.27. The number of H-pyrrole nitrogens is 1. The molecule has 0 bridgehead atoms. The minimum Gasteiger partial charge on any atom is -0.332 e. The Kier molecular flexibility index (Phi) is 4.37. The molecule has 4 rings (SSSR count). The molecule has 0 aromatic carbocycles. The summed E-state index contributed by atoms with van der Waals surface area (Å²) in [7, 11) is 0. The van der Waals surface area contributed by atoms with E-state index in [0.717, 1.165) is 41.9 Å². The van der Waals surface area contributed by atoms with Crippen molar-refractivity contribution in [2.24, 2.45) is 0 Å². The van der Waals surface area contributed by atoms with Crippen molar-refractivity contribution < 1.29 is 14.4 Å². The van der Waals surface area contributed by atoms with Crippen LogP contribution in [0.15, 0.2) is 35.6 Å². The summed E-state index contributed by atoms with van der Waals surface area (Å²) in [5, 5.41) is 13.3. The van der Waals surface area contributed by atoms with Gasteiger partial charge in [0.2, 0.25) is 0 Å². The molecule has 7 nitrogen and oxygen atoms in total. The molecule has 8 heteroatoms. The van der Waals surface area contributed by atoms with Gasteiger partial charge >= 0.3 is 5.97 Å². The van der Waals surface area contributed by atoms with E-state index >= 15 is 0 Å². The van der Waals surface area contributed by atoms with Crippen LogP contribution in [0, 0.1) is 0 Å². The number of nitrogens with one attached hydrogen (secondary N) is 2. The number of hydrogen-bond acceptors (Lipinski definition) is 7. The molecule has 0 radical (unpaired) electrons. The van der Waals surface area contributed by atoms with Crippen LogP contribution < -0.4 is 5.32 Å². The molecule has 1 atom stereocenters. The van der Waals surface area contributed by atoms with Crippen LogP contribution in [0.5, 0.6) is 0 Å². The van der Waals surface area contributed by atoms with E-state index in [1.54, 1.807) is 28.9 Å². The summed E-state index contributed by atoms with van der Waals surface area (Å²) < 4.78 is 0. The number of carbonyl (C=O) groups excluding carboxylic acids is 2. The zero-order chi connectivity index (χ0) is 17.2. The molecule has 2 N–H and O–H groups in total. The first-order chi connectivity index (χ1) is 12.2. The van der Waals surface area contributed by atoms with Gasteiger partial charge in [0.05, 0.1) is 24.5 Å². The Morgan fingerprint density at radius 3 is 3.16 bits per heavy atom. The van der Waals surface area contributed by atoms with Crippen LogP contribution in [-0.4, -0.2) is 46.1 Å². The highest BCUT2D eigenvalue weighted by molar-refractivity contribution is 7.14. The monoisotopic (exact) mass is 358 g/mol. The Bertz CT molecular complexity index is 812. The first kappa shape index (κ1) is 16.0. The molecule has 1 unspecified atom stereocenters. The fourth-order valence-electron chi connectivity index (χ4n) is 3.16. The topological polar surface area (TPSA) is 87.3 Å². The molecule has 1 fully saturated rings. The number of Topliss-reactive ketones (excluding diaryl/α,β-unsaturated/α-hetero) is 1. The molecular formula is C17H18N4O3S. The molecule has 1 aliphatic carbocycles. The molecule has 0 spiro atoms. The molecule has 1 saturated heterocycles. The van der Waals surface area contributed by atoms with Crippen LogP contribution in [0.3, 0.4) is 0 Å². The quantitative estimate of drug-likeness (QED) is 0.643. The Labute approximate surface area is 148 Å². The van der Waals surface area contributed by atoms with Gasteiger partial charge in [0.15, 0.2) is 0 Å². The minimum atomic E-state index is -0.844. The number of ketones is 1. The predicted molar refractivity (Wildman–Crippen MR) is 92.8 cm³/mol. The number of nitrogens with zero attached hydrogens (tertiary/aromatic N) is 2. The molecule has 130 valence electrons. The Morgan fingerprint density at radius 2 is 2.32 bits per heavy atom. The van der Waals surface area contributed by atoms with E-state index in [0.29, 0.717) is 12.1 Å². The van der Waals surface area contributed by atoms with Crippen molar-refractivity contribution in [3.8, 4) is 10.4 Å². The third-order valence-corrected chi connectivity index (χ3v) is 5.40. The Morgan fingerprint density at radius 1 is 1.40 bits per heavy atom. The van der Waals surface area contributed by atoms with Crippen LogP contribution in [0.25, 0.3) is 10.4 Å². The maximum absolute atomic E-state index is 12.4. The van der Waals surface area contributed by atoms with Crippen molar-refractivity contribution in [1.29, 1.82) is 0 Å². The van der Waals surface area contributed by atoms with E-state index < -0.39 is 11.8 Å². The summed E-state index contributed by atoms with van der Waals surface area (Å²) in [6.07, 6.45) is 8.61. The molecule has 1 aliphatic heterocycles. The standard InChI is InChI=1S/C17H18N4O3S/c22-16(11-7-15(25-10-11)12-8-19-20-9-12)17(23)24-21-6-5-18-13-3-1-2-4-14(13)21/h4,7-10,13,18H,1-3,5-6H2,(H,19,20). The van der Waals surface area contributed by atoms with Gasteiger partial charge in [-0.3, -0.25) is 9.89 Å². The van der Waals surface area contributed by atoms with Gasteiger partial charge < -0.3 is 10.2 Å². The lowest BCUT2D eigenvalue weighted by molar-refractivity contribution is -0.178. The fourth-order valence-corrected chi connectivity index (χ4v) is 4.04. The summed E-state index contributed by atoms with van der Waals surface area (Å²) >= 11 is 1.39. The number of carbonyl (C=O) groups is 2. The van der Waals surface area contributed by atoms with E-state index in [-0.39, 0.29) is 6.04 Å². The number of rotatable bonds is 4. The highest BCUT2D eigenvalue weighted by Gasteiger charge is 2.31. The van der Waals surface area contributed by atoms with Crippen molar-refractivity contribution in [1.82, 2.24) is 20.6 Å². The lowest BCUT2D eigenvalue weighted by atomic mass is 9.97. The number of allylic oxidation sites excluding steroid dienone is 1. The van der Waals surface area contributed by atoms with E-state index in [4.69, 9.17) is 4.84 Å². The number of piperazine rings is 1. The van der Waals surface area contributed by atoms with Gasteiger partial charge in [0.25, 0.3) is 5.78 Å². The second-order valence-corrected chi connectivity index (χ2v) is 6.97. The molecule has 2 aromatic rings. The van der Waals surface area contributed by atoms with Crippen molar-refractivity contribution in [2.75, 3.05) is 13.1 Å². The summed E-state index contributed by atoms with van der Waals surface area (Å²) in [5.74, 6) is -1.47. The summed E-state index contributed by atoms with van der Waals surface area (Å²) in [4.78, 5) is 31.0. The smallest absolute Gasteiger partial charge is 0.332 e. The van der Waals surface area contributed by atoms with Gasteiger partial charge in [0, 0.05) is 34.1 Å². The van der Waals surface area contributed by atoms with Crippen molar-refractivity contribution in [2.45, 2.75) is 25.3 Å². The number of aromatic amines is 1. The predicted octanol–water partition coefficient (Wildman–Crippen LogP) is 2.12. The van der Waals surface area contributed by atoms with Crippen LogP contribution in [0.1, 0.15) is 29.6 Å². The lowest BCUT2D eigenvalue weighted by Gasteiger charge is -2.37. The van der Waals surface area contributed by atoms with Crippen LogP contribution in [0.2, 0.25) is 0 Å². The van der Waals surface area contributed by atoms with Crippen molar-refractivity contribution in [3.05, 3.63) is 41.2 Å². The Balaban J connectivity index is 1.46. The maximum Gasteiger partial charge on any atom is 0.403 e. The number of hydrogen-bond donors (Lipinski definition) is 2. The molecule has 0 amide bonds. The first-order valence-corrected chi connectivity index (χ1v) is 9.15. The molecule has 2 aromatic heterocycles. The number of hydroxylamine groups is 2. The van der Waals surface area contributed by atoms with Gasteiger partial charge in [-0.2, -0.15) is 5.10 Å². The van der Waals surface area contributed by atoms with Gasteiger partial charge in [-0.05, 0) is 25.3 Å². The summed E-state index contributed by atoms with van der Waals surface area (Å²) in [6, 6.07) is 1.90. The third-order valence-electron chi connectivity index (χ3n) is 4.42. The minimum absolute atomic E-state index is 0.208. The Hall–Kier alpha value is -2.45. The zero-order valence-corrected chi connectivity index (χ0v) is 14.3. The SMILES string of the molecule is O=C(ON1CCNC2CCCC=C21)C(=O)c1csc(-c2cn[nH]c2)c1. The average Bonchev–Trinajstić information content (AvgIpc) is 3.32. The fraction of sp³-hybridized carbons (Fsp3) is 0.353. The van der Waals surface area contributed by atoms with Crippen molar-refractivity contribution >= 4 is 23.1 Å².